The summed E-state index contributed by atoms with van der Waals surface area (Å²) in [6.07, 6.45) is 0. The first-order valence-corrected chi connectivity index (χ1v) is 7.92. The molecule has 0 radical (unpaired) electrons. The Hall–Kier alpha value is -0.970. The van der Waals surface area contributed by atoms with Gasteiger partial charge < -0.3 is 9.47 Å². The highest BCUT2D eigenvalue weighted by atomic mass is 79.9. The van der Waals surface area contributed by atoms with E-state index in [9.17, 15) is 4.39 Å². The van der Waals surface area contributed by atoms with E-state index in [1.54, 1.807) is 30.3 Å². The van der Waals surface area contributed by atoms with Crippen LogP contribution in [0, 0.1) is 5.82 Å². The number of hydrogen-bond donors (Lipinski definition) is 0. The molecule has 0 unspecified atom stereocenters. The van der Waals surface area contributed by atoms with Gasteiger partial charge in [-0.2, -0.15) is 0 Å². The van der Waals surface area contributed by atoms with E-state index in [0.717, 1.165) is 5.56 Å². The summed E-state index contributed by atoms with van der Waals surface area (Å²) >= 11 is 15.4. The molecule has 0 heterocycles. The molecule has 0 aliphatic heterocycles. The van der Waals surface area contributed by atoms with Crippen LogP contribution in [0.3, 0.4) is 0 Å². The molecule has 0 amide bonds. The third-order valence-corrected chi connectivity index (χ3v) is 3.97. The topological polar surface area (TPSA) is 18.5 Å². The van der Waals surface area contributed by atoms with Gasteiger partial charge in [-0.05, 0) is 18.2 Å². The first kappa shape index (κ1) is 16.4. The third kappa shape index (κ3) is 3.82. The molecule has 0 aromatic heterocycles. The molecule has 0 fully saturated rings. The van der Waals surface area contributed by atoms with Crippen molar-refractivity contribution in [3.8, 4) is 11.5 Å². The van der Waals surface area contributed by atoms with E-state index < -0.39 is 5.82 Å². The minimum absolute atomic E-state index is 0.0460. The first-order chi connectivity index (χ1) is 10.1. The maximum atomic E-state index is 14.1. The van der Waals surface area contributed by atoms with Gasteiger partial charge in [-0.1, -0.05) is 51.3 Å². The van der Waals surface area contributed by atoms with Gasteiger partial charge in [0.05, 0.1) is 12.1 Å². The molecule has 0 aliphatic rings. The molecule has 6 heteroatoms. The highest BCUT2D eigenvalue weighted by Gasteiger charge is 2.13. The van der Waals surface area contributed by atoms with Crippen molar-refractivity contribution in [1.29, 1.82) is 0 Å². The van der Waals surface area contributed by atoms with Gasteiger partial charge in [0.1, 0.15) is 12.4 Å². The number of alkyl halides is 1. The maximum absolute atomic E-state index is 14.1. The molecule has 0 N–H and O–H groups in total. The van der Waals surface area contributed by atoms with E-state index in [4.69, 9.17) is 32.7 Å². The summed E-state index contributed by atoms with van der Waals surface area (Å²) in [5.74, 6) is 0.227. The fourth-order valence-corrected chi connectivity index (χ4v) is 2.86. The minimum Gasteiger partial charge on any atom is -0.494 e. The number of methoxy groups -OCH3 is 1. The number of hydrogen-bond acceptors (Lipinski definition) is 2. The Morgan fingerprint density at radius 1 is 1.19 bits per heavy atom. The molecule has 0 bridgehead atoms. The van der Waals surface area contributed by atoms with E-state index in [1.807, 2.05) is 0 Å². The van der Waals surface area contributed by atoms with Gasteiger partial charge in [0.25, 0.3) is 0 Å². The summed E-state index contributed by atoms with van der Waals surface area (Å²) in [5, 5.41) is 1.44. The normalized spacial score (nSPS) is 10.5. The Bertz CT molecular complexity index is 650. The SMILES string of the molecule is COc1cccc(COc2c(Cl)cc(Cl)cc2CBr)c1F. The van der Waals surface area contributed by atoms with Crippen LogP contribution in [0.15, 0.2) is 30.3 Å². The van der Waals surface area contributed by atoms with Crippen molar-refractivity contribution in [2.24, 2.45) is 0 Å². The second kappa shape index (κ2) is 7.34. The number of benzene rings is 2. The second-order valence-electron chi connectivity index (χ2n) is 4.23. The average Bonchev–Trinajstić information content (AvgIpc) is 2.47. The standard InChI is InChI=1S/C15H12BrCl2FO2/c1-20-13-4-2-3-9(14(13)19)8-21-15-10(7-16)5-11(17)6-12(15)18/h2-6H,7-8H2,1H3. The molecular weight excluding hydrogens is 382 g/mol. The fourth-order valence-electron chi connectivity index (χ4n) is 1.85. The van der Waals surface area contributed by atoms with Gasteiger partial charge in [0.15, 0.2) is 11.6 Å². The monoisotopic (exact) mass is 392 g/mol. The molecule has 21 heavy (non-hydrogen) atoms. The summed E-state index contributed by atoms with van der Waals surface area (Å²) in [6, 6.07) is 8.23. The maximum Gasteiger partial charge on any atom is 0.171 e. The van der Waals surface area contributed by atoms with Crippen molar-refractivity contribution < 1.29 is 13.9 Å². The van der Waals surface area contributed by atoms with E-state index >= 15 is 0 Å². The lowest BCUT2D eigenvalue weighted by Crippen LogP contribution is -2.02. The van der Waals surface area contributed by atoms with Crippen molar-refractivity contribution in [3.05, 3.63) is 57.3 Å². The van der Waals surface area contributed by atoms with E-state index in [2.05, 4.69) is 15.9 Å². The minimum atomic E-state index is -0.439. The van der Waals surface area contributed by atoms with Crippen molar-refractivity contribution in [2.45, 2.75) is 11.9 Å². The molecular formula is C15H12BrCl2FO2. The molecule has 0 atom stereocenters. The molecule has 2 aromatic rings. The molecule has 2 nitrogen and oxygen atoms in total. The molecule has 2 aromatic carbocycles. The quantitative estimate of drug-likeness (QED) is 0.614. The van der Waals surface area contributed by atoms with Gasteiger partial charge in [0.2, 0.25) is 0 Å². The van der Waals surface area contributed by atoms with Crippen molar-refractivity contribution in [2.75, 3.05) is 7.11 Å². The van der Waals surface area contributed by atoms with Gasteiger partial charge in [0, 0.05) is 21.5 Å². The zero-order valence-corrected chi connectivity index (χ0v) is 14.2. The lowest BCUT2D eigenvalue weighted by molar-refractivity contribution is 0.294. The highest BCUT2D eigenvalue weighted by Crippen LogP contribution is 2.34. The Morgan fingerprint density at radius 3 is 2.62 bits per heavy atom. The van der Waals surface area contributed by atoms with Crippen molar-refractivity contribution in [1.82, 2.24) is 0 Å². The van der Waals surface area contributed by atoms with Crippen molar-refractivity contribution in [3.63, 3.8) is 0 Å². The van der Waals surface area contributed by atoms with E-state index in [1.165, 1.54) is 7.11 Å². The number of ether oxygens (including phenoxy) is 2. The Kier molecular flexibility index (Phi) is 5.73. The van der Waals surface area contributed by atoms with Crippen LogP contribution < -0.4 is 9.47 Å². The summed E-state index contributed by atoms with van der Waals surface area (Å²) in [6.45, 7) is 0.0460. The lowest BCUT2D eigenvalue weighted by Gasteiger charge is -2.13. The van der Waals surface area contributed by atoms with Gasteiger partial charge in [-0.15, -0.1) is 0 Å². The van der Waals surface area contributed by atoms with Gasteiger partial charge in [-0.25, -0.2) is 4.39 Å². The molecule has 2 rings (SSSR count). The van der Waals surface area contributed by atoms with Crippen LogP contribution in [-0.2, 0) is 11.9 Å². The average molecular weight is 394 g/mol. The molecule has 0 saturated carbocycles. The zero-order chi connectivity index (χ0) is 15.4. The molecule has 0 saturated heterocycles. The fraction of sp³-hybridized carbons (Fsp3) is 0.200. The molecule has 112 valence electrons. The lowest BCUT2D eigenvalue weighted by atomic mass is 10.2. The first-order valence-electron chi connectivity index (χ1n) is 6.05. The largest absolute Gasteiger partial charge is 0.494 e. The van der Waals surface area contributed by atoms with Crippen LogP contribution in [0.4, 0.5) is 4.39 Å². The van der Waals surface area contributed by atoms with Crippen LogP contribution in [-0.4, -0.2) is 7.11 Å². The predicted octanol–water partition coefficient (Wildman–Crippen LogP) is 5.62. The predicted molar refractivity (Wildman–Crippen MR) is 86.4 cm³/mol. The summed E-state index contributed by atoms with van der Waals surface area (Å²) in [5.41, 5.74) is 1.19. The third-order valence-electron chi connectivity index (χ3n) is 2.86. The Morgan fingerprint density at radius 2 is 1.95 bits per heavy atom. The number of rotatable bonds is 5. The van der Waals surface area contributed by atoms with E-state index in [-0.39, 0.29) is 12.4 Å². The smallest absolute Gasteiger partial charge is 0.171 e. The number of halogens is 4. The molecule has 0 aliphatic carbocycles. The van der Waals surface area contributed by atoms with E-state index in [0.29, 0.717) is 26.7 Å². The second-order valence-corrected chi connectivity index (χ2v) is 5.64. The van der Waals surface area contributed by atoms with Gasteiger partial charge >= 0.3 is 0 Å². The highest BCUT2D eigenvalue weighted by molar-refractivity contribution is 9.08. The Labute approximate surface area is 140 Å². The Balaban J connectivity index is 2.25. The summed E-state index contributed by atoms with van der Waals surface area (Å²) in [7, 11) is 1.42. The zero-order valence-electron chi connectivity index (χ0n) is 11.1. The van der Waals surface area contributed by atoms with Crippen LogP contribution in [0.5, 0.6) is 11.5 Å². The van der Waals surface area contributed by atoms with Crippen molar-refractivity contribution >= 4 is 39.1 Å². The van der Waals surface area contributed by atoms with Crippen LogP contribution in [0.2, 0.25) is 10.0 Å². The van der Waals surface area contributed by atoms with Crippen LogP contribution >= 0.6 is 39.1 Å². The molecule has 0 spiro atoms. The van der Waals surface area contributed by atoms with Crippen LogP contribution in [0.25, 0.3) is 0 Å². The van der Waals surface area contributed by atoms with Gasteiger partial charge in [-0.3, -0.25) is 0 Å². The summed E-state index contributed by atoms with van der Waals surface area (Å²) < 4.78 is 24.7. The summed E-state index contributed by atoms with van der Waals surface area (Å²) in [4.78, 5) is 0. The van der Waals surface area contributed by atoms with Crippen LogP contribution in [0.1, 0.15) is 11.1 Å².